The van der Waals surface area contributed by atoms with E-state index in [4.69, 9.17) is 0 Å². The van der Waals surface area contributed by atoms with Gasteiger partial charge in [-0.2, -0.15) is 4.98 Å². The zero-order valence-corrected chi connectivity index (χ0v) is 17.7. The lowest BCUT2D eigenvalue weighted by atomic mass is 9.78. The van der Waals surface area contributed by atoms with Gasteiger partial charge in [0, 0.05) is 16.7 Å². The Bertz CT molecular complexity index is 1070. The minimum atomic E-state index is -0.482. The summed E-state index contributed by atoms with van der Waals surface area (Å²) < 4.78 is 13.3. The summed E-state index contributed by atoms with van der Waals surface area (Å²) in [7, 11) is 0. The molecule has 3 rings (SSSR count). The Balaban J connectivity index is 2.25. The summed E-state index contributed by atoms with van der Waals surface area (Å²) in [6.07, 6.45) is 0. The van der Waals surface area contributed by atoms with E-state index in [0.29, 0.717) is 17.0 Å². The first kappa shape index (κ1) is 20.8. The summed E-state index contributed by atoms with van der Waals surface area (Å²) in [5.41, 5.74) is 3.04. The van der Waals surface area contributed by atoms with Gasteiger partial charge in [0.25, 0.3) is 0 Å². The molecule has 4 nitrogen and oxygen atoms in total. The van der Waals surface area contributed by atoms with E-state index in [2.05, 4.69) is 9.97 Å². The lowest BCUT2D eigenvalue weighted by molar-refractivity contribution is 0.423. The molecule has 0 spiro atoms. The quantitative estimate of drug-likeness (QED) is 0.599. The van der Waals surface area contributed by atoms with Crippen LogP contribution in [-0.4, -0.2) is 15.1 Å². The van der Waals surface area contributed by atoms with Crippen LogP contribution in [-0.2, 0) is 10.8 Å². The van der Waals surface area contributed by atoms with Crippen molar-refractivity contribution in [2.45, 2.75) is 52.4 Å². The molecule has 29 heavy (non-hydrogen) atoms. The highest BCUT2D eigenvalue weighted by Gasteiger charge is 2.27. The second kappa shape index (κ2) is 7.14. The Hall–Kier alpha value is -2.95. The van der Waals surface area contributed by atoms with E-state index in [1.165, 1.54) is 12.1 Å². The summed E-state index contributed by atoms with van der Waals surface area (Å²) in [4.78, 5) is 19.1. The largest absolute Gasteiger partial charge is 0.507 e. The minimum absolute atomic E-state index is 0.275. The molecule has 0 radical (unpaired) electrons. The fourth-order valence-corrected chi connectivity index (χ4v) is 3.32. The number of nitrogens with zero attached hydrogens (tertiary/aromatic N) is 1. The number of phenols is 1. The molecule has 2 N–H and O–H groups in total. The van der Waals surface area contributed by atoms with Gasteiger partial charge in [-0.05, 0) is 58.9 Å². The second-order valence-electron chi connectivity index (χ2n) is 9.41. The molecule has 0 fully saturated rings. The van der Waals surface area contributed by atoms with Gasteiger partial charge in [-0.25, -0.2) is 9.18 Å². The number of hydrogen-bond donors (Lipinski definition) is 2. The standard InChI is InChI=1S/C24H27FN2O2/c1-23(2,3)17-11-15(12-18(21(17)28)24(4,5)6)20-13-19(26-22(29)27-20)14-7-9-16(25)10-8-14/h7-13,28H,1-6H3,(H,26,27,29). The van der Waals surface area contributed by atoms with E-state index in [0.717, 1.165) is 16.7 Å². The number of halogens is 1. The van der Waals surface area contributed by atoms with Gasteiger partial charge in [0.15, 0.2) is 0 Å². The van der Waals surface area contributed by atoms with Gasteiger partial charge in [-0.1, -0.05) is 41.5 Å². The van der Waals surface area contributed by atoms with Crippen molar-refractivity contribution in [2.24, 2.45) is 0 Å². The van der Waals surface area contributed by atoms with E-state index in [1.807, 2.05) is 53.7 Å². The summed E-state index contributed by atoms with van der Waals surface area (Å²) in [5, 5.41) is 10.9. The van der Waals surface area contributed by atoms with Crippen LogP contribution in [0.5, 0.6) is 5.75 Å². The van der Waals surface area contributed by atoms with Gasteiger partial charge in [-0.15, -0.1) is 0 Å². The summed E-state index contributed by atoms with van der Waals surface area (Å²) >= 11 is 0. The zero-order valence-electron chi connectivity index (χ0n) is 17.7. The average molecular weight is 394 g/mol. The fourth-order valence-electron chi connectivity index (χ4n) is 3.32. The van der Waals surface area contributed by atoms with E-state index >= 15 is 0 Å². The normalized spacial score (nSPS) is 12.2. The van der Waals surface area contributed by atoms with Crippen LogP contribution in [0.25, 0.3) is 22.5 Å². The fraction of sp³-hybridized carbons (Fsp3) is 0.333. The number of aromatic amines is 1. The lowest BCUT2D eigenvalue weighted by Gasteiger charge is -2.28. The van der Waals surface area contributed by atoms with Crippen LogP contribution in [0.3, 0.4) is 0 Å². The maximum absolute atomic E-state index is 13.3. The first-order chi connectivity index (χ1) is 13.4. The van der Waals surface area contributed by atoms with Crippen LogP contribution in [0.15, 0.2) is 47.3 Å². The van der Waals surface area contributed by atoms with Crippen molar-refractivity contribution in [3.63, 3.8) is 0 Å². The number of H-pyrrole nitrogens is 1. The molecule has 1 aromatic heterocycles. The number of aromatic nitrogens is 2. The number of benzene rings is 2. The van der Waals surface area contributed by atoms with Crippen LogP contribution in [0.2, 0.25) is 0 Å². The molecule has 0 aliphatic heterocycles. The molecular formula is C24H27FN2O2. The maximum Gasteiger partial charge on any atom is 0.345 e. The highest BCUT2D eigenvalue weighted by Crippen LogP contribution is 2.41. The molecule has 152 valence electrons. The minimum Gasteiger partial charge on any atom is -0.507 e. The van der Waals surface area contributed by atoms with Crippen molar-refractivity contribution in [3.8, 4) is 28.3 Å². The van der Waals surface area contributed by atoms with E-state index in [-0.39, 0.29) is 22.4 Å². The van der Waals surface area contributed by atoms with E-state index in [1.54, 1.807) is 18.2 Å². The molecule has 2 aromatic carbocycles. The molecule has 5 heteroatoms. The van der Waals surface area contributed by atoms with Crippen LogP contribution < -0.4 is 5.69 Å². The molecule has 3 aromatic rings. The molecule has 0 atom stereocenters. The highest BCUT2D eigenvalue weighted by atomic mass is 19.1. The van der Waals surface area contributed by atoms with Crippen molar-refractivity contribution < 1.29 is 9.50 Å². The number of aromatic hydroxyl groups is 1. The smallest absolute Gasteiger partial charge is 0.345 e. The van der Waals surface area contributed by atoms with Crippen LogP contribution in [0.4, 0.5) is 4.39 Å². The van der Waals surface area contributed by atoms with Gasteiger partial charge in [0.2, 0.25) is 0 Å². The third-order valence-corrected chi connectivity index (χ3v) is 4.92. The predicted octanol–water partition coefficient (Wildman–Crippen LogP) is 5.54. The third-order valence-electron chi connectivity index (χ3n) is 4.92. The van der Waals surface area contributed by atoms with Crippen LogP contribution in [0.1, 0.15) is 52.7 Å². The van der Waals surface area contributed by atoms with E-state index in [9.17, 15) is 14.3 Å². The van der Waals surface area contributed by atoms with Crippen molar-refractivity contribution in [1.82, 2.24) is 9.97 Å². The highest BCUT2D eigenvalue weighted by molar-refractivity contribution is 5.70. The lowest BCUT2D eigenvalue weighted by Crippen LogP contribution is -2.18. The average Bonchev–Trinajstić information content (AvgIpc) is 2.60. The van der Waals surface area contributed by atoms with Crippen molar-refractivity contribution in [1.29, 1.82) is 0 Å². The van der Waals surface area contributed by atoms with Crippen LogP contribution in [0, 0.1) is 5.82 Å². The Labute approximate surface area is 170 Å². The van der Waals surface area contributed by atoms with Gasteiger partial charge in [0.05, 0.1) is 11.4 Å². The van der Waals surface area contributed by atoms with Gasteiger partial charge >= 0.3 is 5.69 Å². The van der Waals surface area contributed by atoms with Gasteiger partial charge in [0.1, 0.15) is 11.6 Å². The molecule has 0 bridgehead atoms. The Morgan fingerprint density at radius 3 is 1.86 bits per heavy atom. The topological polar surface area (TPSA) is 66.0 Å². The van der Waals surface area contributed by atoms with Crippen molar-refractivity contribution >= 4 is 0 Å². The molecule has 0 unspecified atom stereocenters. The Morgan fingerprint density at radius 1 is 0.862 bits per heavy atom. The molecule has 0 aliphatic carbocycles. The predicted molar refractivity (Wildman–Crippen MR) is 115 cm³/mol. The molecule has 0 saturated heterocycles. The zero-order chi connectivity index (χ0) is 21.6. The van der Waals surface area contributed by atoms with Crippen molar-refractivity contribution in [3.05, 3.63) is 69.9 Å². The summed E-state index contributed by atoms with van der Waals surface area (Å²) in [5.74, 6) is -0.0640. The SMILES string of the molecule is CC(C)(C)c1cc(-c2cc(-c3ccc(F)cc3)[nH]c(=O)n2)cc(C(C)(C)C)c1O. The molecule has 0 aliphatic rings. The van der Waals surface area contributed by atoms with Gasteiger partial charge < -0.3 is 10.1 Å². The molecule has 1 heterocycles. The molecular weight excluding hydrogens is 367 g/mol. The Morgan fingerprint density at radius 2 is 1.38 bits per heavy atom. The van der Waals surface area contributed by atoms with Gasteiger partial charge in [-0.3, -0.25) is 0 Å². The molecule has 0 saturated carbocycles. The third kappa shape index (κ3) is 4.39. The van der Waals surface area contributed by atoms with E-state index < -0.39 is 5.69 Å². The second-order valence-corrected chi connectivity index (χ2v) is 9.41. The number of nitrogens with one attached hydrogen (secondary N) is 1. The number of hydrogen-bond acceptors (Lipinski definition) is 3. The summed E-state index contributed by atoms with van der Waals surface area (Å²) in [6.45, 7) is 12.2. The van der Waals surface area contributed by atoms with Crippen LogP contribution >= 0.6 is 0 Å². The Kier molecular flexibility index (Phi) is 5.11. The number of rotatable bonds is 2. The summed E-state index contributed by atoms with van der Waals surface area (Å²) in [6, 6.07) is 11.5. The monoisotopic (exact) mass is 394 g/mol. The first-order valence-corrected chi connectivity index (χ1v) is 9.62. The molecule has 0 amide bonds. The van der Waals surface area contributed by atoms with Crippen molar-refractivity contribution in [2.75, 3.05) is 0 Å². The number of phenolic OH excluding ortho intramolecular Hbond substituents is 1. The maximum atomic E-state index is 13.3. The first-order valence-electron chi connectivity index (χ1n) is 9.62.